The standard InChI is InChI=1S/C16H19N3O5/c1-11(7-13-8-19(10-17-13)16(21)22)18-15(20)24-9-12-3-5-14(23-2)6-4-12/h3-6,8,10-11H,7,9H2,1-2H3,(H,18,20)(H,21,22)/t11-/m1/s1. The molecule has 8 nitrogen and oxygen atoms in total. The minimum absolute atomic E-state index is 0.149. The zero-order chi connectivity index (χ0) is 17.5. The average Bonchev–Trinajstić information content (AvgIpc) is 3.02. The van der Waals surface area contributed by atoms with Gasteiger partial charge in [-0.1, -0.05) is 12.1 Å². The number of nitrogens with zero attached hydrogens (tertiary/aromatic N) is 2. The summed E-state index contributed by atoms with van der Waals surface area (Å²) >= 11 is 0. The molecule has 2 N–H and O–H groups in total. The molecule has 0 spiro atoms. The number of carboxylic acid groups (broad SMARTS) is 1. The van der Waals surface area contributed by atoms with Crippen LogP contribution in [0.1, 0.15) is 18.2 Å². The van der Waals surface area contributed by atoms with Crippen molar-refractivity contribution in [1.82, 2.24) is 14.9 Å². The highest BCUT2D eigenvalue weighted by atomic mass is 16.5. The van der Waals surface area contributed by atoms with E-state index in [1.807, 2.05) is 12.1 Å². The summed E-state index contributed by atoms with van der Waals surface area (Å²) < 4.78 is 11.2. The van der Waals surface area contributed by atoms with Gasteiger partial charge in [0.05, 0.1) is 12.8 Å². The molecule has 0 saturated heterocycles. The molecule has 0 aliphatic heterocycles. The van der Waals surface area contributed by atoms with Crippen molar-refractivity contribution in [3.8, 4) is 5.75 Å². The number of methoxy groups -OCH3 is 1. The number of carbonyl (C=O) groups is 2. The van der Waals surface area contributed by atoms with Crippen LogP contribution in [0.4, 0.5) is 9.59 Å². The first kappa shape index (κ1) is 17.3. The van der Waals surface area contributed by atoms with Crippen molar-refractivity contribution in [2.75, 3.05) is 7.11 Å². The van der Waals surface area contributed by atoms with Gasteiger partial charge < -0.3 is 19.9 Å². The number of alkyl carbamates (subject to hydrolysis) is 1. The Morgan fingerprint density at radius 2 is 2.04 bits per heavy atom. The van der Waals surface area contributed by atoms with Crippen LogP contribution in [-0.2, 0) is 17.8 Å². The molecule has 1 atom stereocenters. The smallest absolute Gasteiger partial charge is 0.416 e. The molecule has 1 aromatic carbocycles. The number of rotatable bonds is 6. The summed E-state index contributed by atoms with van der Waals surface area (Å²) in [4.78, 5) is 26.5. The van der Waals surface area contributed by atoms with Crippen molar-refractivity contribution in [3.05, 3.63) is 48.0 Å². The molecule has 1 heterocycles. The lowest BCUT2D eigenvalue weighted by Crippen LogP contribution is -2.34. The summed E-state index contributed by atoms with van der Waals surface area (Å²) in [5.41, 5.74) is 1.42. The summed E-state index contributed by atoms with van der Waals surface area (Å²) in [6.07, 6.45) is 1.37. The summed E-state index contributed by atoms with van der Waals surface area (Å²) in [5, 5.41) is 11.5. The Labute approximate surface area is 139 Å². The van der Waals surface area contributed by atoms with E-state index in [9.17, 15) is 9.59 Å². The average molecular weight is 333 g/mol. The Kier molecular flexibility index (Phi) is 5.78. The van der Waals surface area contributed by atoms with E-state index in [1.165, 1.54) is 12.5 Å². The Bertz CT molecular complexity index is 696. The first-order valence-corrected chi connectivity index (χ1v) is 7.30. The van der Waals surface area contributed by atoms with Crippen molar-refractivity contribution in [1.29, 1.82) is 0 Å². The molecule has 0 aliphatic carbocycles. The van der Waals surface area contributed by atoms with Crippen LogP contribution in [-0.4, -0.2) is 40.0 Å². The maximum absolute atomic E-state index is 11.8. The topological polar surface area (TPSA) is 103 Å². The number of hydrogen-bond donors (Lipinski definition) is 2. The maximum Gasteiger partial charge on any atom is 0.416 e. The third-order valence-corrected chi connectivity index (χ3v) is 3.27. The van der Waals surface area contributed by atoms with Gasteiger partial charge in [-0.05, 0) is 24.6 Å². The summed E-state index contributed by atoms with van der Waals surface area (Å²) in [6, 6.07) is 6.96. The second-order valence-electron chi connectivity index (χ2n) is 5.23. The summed E-state index contributed by atoms with van der Waals surface area (Å²) in [5.74, 6) is 0.734. The van der Waals surface area contributed by atoms with Gasteiger partial charge in [0.15, 0.2) is 0 Å². The highest BCUT2D eigenvalue weighted by Gasteiger charge is 2.12. The molecule has 128 valence electrons. The van der Waals surface area contributed by atoms with Crippen LogP contribution in [0.25, 0.3) is 0 Å². The number of hydrogen-bond acceptors (Lipinski definition) is 5. The Morgan fingerprint density at radius 1 is 1.33 bits per heavy atom. The second-order valence-corrected chi connectivity index (χ2v) is 5.23. The highest BCUT2D eigenvalue weighted by molar-refractivity contribution is 5.68. The predicted octanol–water partition coefficient (Wildman–Crippen LogP) is 2.28. The van der Waals surface area contributed by atoms with Gasteiger partial charge in [0.25, 0.3) is 0 Å². The number of carbonyl (C=O) groups excluding carboxylic acids is 1. The zero-order valence-corrected chi connectivity index (χ0v) is 13.4. The number of ether oxygens (including phenoxy) is 2. The van der Waals surface area contributed by atoms with Crippen molar-refractivity contribution in [2.45, 2.75) is 26.0 Å². The molecule has 1 aromatic heterocycles. The lowest BCUT2D eigenvalue weighted by atomic mass is 10.2. The summed E-state index contributed by atoms with van der Waals surface area (Å²) in [6.45, 7) is 1.94. The molecule has 1 amide bonds. The molecule has 24 heavy (non-hydrogen) atoms. The Hall–Kier alpha value is -3.03. The third-order valence-electron chi connectivity index (χ3n) is 3.27. The highest BCUT2D eigenvalue weighted by Crippen LogP contribution is 2.12. The van der Waals surface area contributed by atoms with Crippen LogP contribution in [0.5, 0.6) is 5.75 Å². The van der Waals surface area contributed by atoms with Crippen LogP contribution < -0.4 is 10.1 Å². The number of aromatic nitrogens is 2. The summed E-state index contributed by atoms with van der Waals surface area (Å²) in [7, 11) is 1.58. The van der Waals surface area contributed by atoms with E-state index in [-0.39, 0.29) is 12.6 Å². The molecule has 0 saturated carbocycles. The van der Waals surface area contributed by atoms with Gasteiger partial charge in [0.2, 0.25) is 0 Å². The van der Waals surface area contributed by atoms with Crippen molar-refractivity contribution in [2.24, 2.45) is 0 Å². The van der Waals surface area contributed by atoms with Crippen LogP contribution >= 0.6 is 0 Å². The Balaban J connectivity index is 1.77. The van der Waals surface area contributed by atoms with Gasteiger partial charge in [-0.25, -0.2) is 19.1 Å². The second kappa shape index (κ2) is 8.00. The lowest BCUT2D eigenvalue weighted by molar-refractivity contribution is 0.136. The number of imidazole rings is 1. The van der Waals surface area contributed by atoms with Crippen LogP contribution in [0.15, 0.2) is 36.8 Å². The fourth-order valence-electron chi connectivity index (χ4n) is 2.05. The van der Waals surface area contributed by atoms with Crippen molar-refractivity contribution in [3.63, 3.8) is 0 Å². The number of benzene rings is 1. The minimum atomic E-state index is -1.10. The molecular weight excluding hydrogens is 314 g/mol. The fourth-order valence-corrected chi connectivity index (χ4v) is 2.05. The van der Waals surface area contributed by atoms with Gasteiger partial charge in [0, 0.05) is 18.7 Å². The molecule has 0 radical (unpaired) electrons. The monoisotopic (exact) mass is 333 g/mol. The van der Waals surface area contributed by atoms with Crippen LogP contribution in [0.2, 0.25) is 0 Å². The molecule has 2 aromatic rings. The van der Waals surface area contributed by atoms with Gasteiger partial charge in [-0.15, -0.1) is 0 Å². The van der Waals surface area contributed by atoms with Gasteiger partial charge in [-0.2, -0.15) is 0 Å². The number of amides is 1. The third kappa shape index (κ3) is 5.01. The first-order chi connectivity index (χ1) is 11.5. The SMILES string of the molecule is COc1ccc(COC(=O)N[C@H](C)Cc2cn(C(=O)O)cn2)cc1. The molecule has 0 aliphatic rings. The predicted molar refractivity (Wildman–Crippen MR) is 85.1 cm³/mol. The maximum atomic E-state index is 11.8. The van der Waals surface area contributed by atoms with E-state index in [1.54, 1.807) is 26.2 Å². The van der Waals surface area contributed by atoms with E-state index in [0.29, 0.717) is 12.1 Å². The fraction of sp³-hybridized carbons (Fsp3) is 0.312. The largest absolute Gasteiger partial charge is 0.497 e. The molecule has 2 rings (SSSR count). The Morgan fingerprint density at radius 3 is 2.62 bits per heavy atom. The van der Waals surface area contributed by atoms with E-state index in [4.69, 9.17) is 14.6 Å². The van der Waals surface area contributed by atoms with Crippen molar-refractivity contribution >= 4 is 12.2 Å². The van der Waals surface area contributed by atoms with Gasteiger partial charge in [0.1, 0.15) is 18.7 Å². The molecule has 0 fully saturated rings. The van der Waals surface area contributed by atoms with E-state index in [0.717, 1.165) is 15.9 Å². The van der Waals surface area contributed by atoms with Crippen molar-refractivity contribution < 1.29 is 24.2 Å². The molecule has 8 heteroatoms. The normalized spacial score (nSPS) is 11.6. The first-order valence-electron chi connectivity index (χ1n) is 7.30. The van der Waals surface area contributed by atoms with E-state index >= 15 is 0 Å². The lowest BCUT2D eigenvalue weighted by Gasteiger charge is -2.13. The van der Waals surface area contributed by atoms with Crippen LogP contribution in [0, 0.1) is 0 Å². The molecule has 0 unspecified atom stereocenters. The molecular formula is C16H19N3O5. The number of nitrogens with one attached hydrogen (secondary N) is 1. The molecule has 0 bridgehead atoms. The van der Waals surface area contributed by atoms with E-state index < -0.39 is 12.2 Å². The minimum Gasteiger partial charge on any atom is -0.497 e. The zero-order valence-electron chi connectivity index (χ0n) is 13.4. The van der Waals surface area contributed by atoms with E-state index in [2.05, 4.69) is 10.3 Å². The van der Waals surface area contributed by atoms with Crippen LogP contribution in [0.3, 0.4) is 0 Å². The quantitative estimate of drug-likeness (QED) is 0.840. The van der Waals surface area contributed by atoms with Gasteiger partial charge >= 0.3 is 12.2 Å². The van der Waals surface area contributed by atoms with Gasteiger partial charge in [-0.3, -0.25) is 0 Å².